The molecule has 1 fully saturated rings. The summed E-state index contributed by atoms with van der Waals surface area (Å²) in [6, 6.07) is 8.36. The van der Waals surface area contributed by atoms with Crippen molar-refractivity contribution < 1.29 is 29.0 Å². The molecule has 4 amide bonds. The van der Waals surface area contributed by atoms with Gasteiger partial charge in [0, 0.05) is 0 Å². The molecule has 0 bridgehead atoms. The summed E-state index contributed by atoms with van der Waals surface area (Å²) in [5.41, 5.74) is 0.362. The first-order valence-corrected chi connectivity index (χ1v) is 10.0. The minimum atomic E-state index is -0.854. The largest absolute Gasteiger partial charge is 0.503 e. The zero-order valence-electron chi connectivity index (χ0n) is 17.0. The maximum Gasteiger partial charge on any atom is 0.335 e. The van der Waals surface area contributed by atoms with Gasteiger partial charge in [-0.1, -0.05) is 18.5 Å². The van der Waals surface area contributed by atoms with Crippen molar-refractivity contribution in [1.29, 1.82) is 0 Å². The van der Waals surface area contributed by atoms with E-state index in [1.807, 2.05) is 6.92 Å². The number of hydrogen-bond acceptors (Lipinski definition) is 6. The van der Waals surface area contributed by atoms with E-state index in [0.717, 1.165) is 11.3 Å². The summed E-state index contributed by atoms with van der Waals surface area (Å²) in [5, 5.41) is 12.1. The fraction of sp³-hybridized carbons (Fsp3) is 0.227. The van der Waals surface area contributed by atoms with Crippen LogP contribution < -0.4 is 19.7 Å². The second-order valence-electron chi connectivity index (χ2n) is 6.58. The van der Waals surface area contributed by atoms with Gasteiger partial charge in [0.1, 0.15) is 11.3 Å². The number of phenols is 1. The zero-order valence-corrected chi connectivity index (χ0v) is 17.7. The highest BCUT2D eigenvalue weighted by atomic mass is 35.5. The Hall–Kier alpha value is -3.52. The number of carbonyl (C=O) groups is 3. The van der Waals surface area contributed by atoms with Crippen LogP contribution in [0, 0.1) is 0 Å². The molecule has 0 atom stereocenters. The van der Waals surface area contributed by atoms with E-state index < -0.39 is 17.8 Å². The SMILES string of the molecule is CCCOc1ccc(N2C(=O)NC(=O)/C(=C/c3cc(Cl)c(O)c(OCC)c3)C2=O)cc1. The molecule has 1 aliphatic heterocycles. The molecule has 0 aromatic heterocycles. The lowest BCUT2D eigenvalue weighted by Crippen LogP contribution is -2.54. The molecule has 0 aliphatic carbocycles. The molecule has 2 aromatic carbocycles. The lowest BCUT2D eigenvalue weighted by atomic mass is 10.1. The van der Waals surface area contributed by atoms with Gasteiger partial charge in [-0.05, 0) is 61.4 Å². The molecule has 2 N–H and O–H groups in total. The number of amides is 4. The molecule has 1 saturated heterocycles. The number of anilines is 1. The third kappa shape index (κ3) is 4.80. The van der Waals surface area contributed by atoms with Crippen molar-refractivity contribution in [2.75, 3.05) is 18.1 Å². The van der Waals surface area contributed by atoms with Crippen molar-refractivity contribution in [2.24, 2.45) is 0 Å². The molecular weight excluding hydrogens is 424 g/mol. The van der Waals surface area contributed by atoms with Crippen LogP contribution in [0.2, 0.25) is 5.02 Å². The summed E-state index contributed by atoms with van der Waals surface area (Å²) in [6.45, 7) is 4.54. The highest BCUT2D eigenvalue weighted by Gasteiger charge is 2.36. The number of barbiturate groups is 1. The Morgan fingerprint density at radius 2 is 1.81 bits per heavy atom. The van der Waals surface area contributed by atoms with Gasteiger partial charge < -0.3 is 14.6 Å². The van der Waals surface area contributed by atoms with Gasteiger partial charge in [-0.3, -0.25) is 14.9 Å². The Balaban J connectivity index is 1.94. The van der Waals surface area contributed by atoms with E-state index in [-0.39, 0.29) is 34.4 Å². The number of nitrogens with one attached hydrogen (secondary N) is 1. The molecule has 1 aliphatic rings. The van der Waals surface area contributed by atoms with Crippen molar-refractivity contribution in [3.63, 3.8) is 0 Å². The van der Waals surface area contributed by atoms with Gasteiger partial charge >= 0.3 is 6.03 Å². The van der Waals surface area contributed by atoms with Crippen molar-refractivity contribution in [1.82, 2.24) is 5.32 Å². The number of hydrogen-bond donors (Lipinski definition) is 2. The average Bonchev–Trinajstić information content (AvgIpc) is 2.74. The van der Waals surface area contributed by atoms with Crippen LogP contribution in [0.4, 0.5) is 10.5 Å². The number of phenolic OH excluding ortho intramolecular Hbond substituents is 1. The van der Waals surface area contributed by atoms with Gasteiger partial charge in [-0.15, -0.1) is 0 Å². The van der Waals surface area contributed by atoms with Gasteiger partial charge in [0.05, 0.1) is 23.9 Å². The number of halogens is 1. The van der Waals surface area contributed by atoms with Crippen LogP contribution in [0.25, 0.3) is 6.08 Å². The van der Waals surface area contributed by atoms with Gasteiger partial charge in [-0.2, -0.15) is 0 Å². The Bertz CT molecular complexity index is 1050. The molecule has 1 heterocycles. The molecular formula is C22H21ClN2O6. The topological polar surface area (TPSA) is 105 Å². The molecule has 8 nitrogen and oxygen atoms in total. The molecule has 0 radical (unpaired) electrons. The van der Waals surface area contributed by atoms with E-state index in [9.17, 15) is 19.5 Å². The van der Waals surface area contributed by atoms with Gasteiger partial charge in [0.25, 0.3) is 11.8 Å². The number of aromatic hydroxyl groups is 1. The lowest BCUT2D eigenvalue weighted by molar-refractivity contribution is -0.122. The van der Waals surface area contributed by atoms with Crippen molar-refractivity contribution >= 4 is 41.2 Å². The Morgan fingerprint density at radius 3 is 2.45 bits per heavy atom. The number of ether oxygens (including phenoxy) is 2. The van der Waals surface area contributed by atoms with E-state index in [2.05, 4.69) is 5.32 Å². The summed E-state index contributed by atoms with van der Waals surface area (Å²) in [6.07, 6.45) is 2.13. The molecule has 9 heteroatoms. The molecule has 0 saturated carbocycles. The Labute approximate surface area is 184 Å². The smallest absolute Gasteiger partial charge is 0.335 e. The third-order valence-electron chi connectivity index (χ3n) is 4.33. The quantitative estimate of drug-likeness (QED) is 0.495. The Kier molecular flexibility index (Phi) is 6.81. The predicted molar refractivity (Wildman–Crippen MR) is 116 cm³/mol. The number of urea groups is 1. The van der Waals surface area contributed by atoms with Crippen LogP contribution in [-0.2, 0) is 9.59 Å². The van der Waals surface area contributed by atoms with E-state index in [0.29, 0.717) is 17.9 Å². The molecule has 162 valence electrons. The Morgan fingerprint density at radius 1 is 1.10 bits per heavy atom. The number of rotatable bonds is 7. The zero-order chi connectivity index (χ0) is 22.5. The fourth-order valence-electron chi connectivity index (χ4n) is 2.91. The first kappa shape index (κ1) is 22.2. The van der Waals surface area contributed by atoms with E-state index >= 15 is 0 Å². The van der Waals surface area contributed by atoms with Crippen LogP contribution in [-0.4, -0.2) is 36.2 Å². The highest BCUT2D eigenvalue weighted by Crippen LogP contribution is 2.36. The van der Waals surface area contributed by atoms with Gasteiger partial charge in [0.15, 0.2) is 11.5 Å². The fourth-order valence-corrected chi connectivity index (χ4v) is 3.13. The van der Waals surface area contributed by atoms with Crippen LogP contribution in [0.1, 0.15) is 25.8 Å². The van der Waals surface area contributed by atoms with E-state index in [4.69, 9.17) is 21.1 Å². The minimum absolute atomic E-state index is 0.00272. The van der Waals surface area contributed by atoms with Crippen LogP contribution in [0.15, 0.2) is 42.0 Å². The predicted octanol–water partition coefficient (Wildman–Crippen LogP) is 3.90. The summed E-state index contributed by atoms with van der Waals surface area (Å²) in [4.78, 5) is 38.6. The molecule has 2 aromatic rings. The van der Waals surface area contributed by atoms with Crippen molar-refractivity contribution in [2.45, 2.75) is 20.3 Å². The van der Waals surface area contributed by atoms with Crippen LogP contribution in [0.3, 0.4) is 0 Å². The first-order chi connectivity index (χ1) is 14.8. The van der Waals surface area contributed by atoms with Crippen LogP contribution >= 0.6 is 11.6 Å². The minimum Gasteiger partial charge on any atom is -0.503 e. The summed E-state index contributed by atoms with van der Waals surface area (Å²) >= 11 is 6.02. The second-order valence-corrected chi connectivity index (χ2v) is 6.99. The number of benzene rings is 2. The van der Waals surface area contributed by atoms with Crippen LogP contribution in [0.5, 0.6) is 17.2 Å². The molecule has 0 unspecified atom stereocenters. The average molecular weight is 445 g/mol. The first-order valence-electron chi connectivity index (χ1n) is 9.65. The van der Waals surface area contributed by atoms with Gasteiger partial charge in [-0.25, -0.2) is 9.69 Å². The summed E-state index contributed by atoms with van der Waals surface area (Å²) < 4.78 is 10.8. The van der Waals surface area contributed by atoms with E-state index in [1.54, 1.807) is 31.2 Å². The van der Waals surface area contributed by atoms with Crippen molar-refractivity contribution in [3.05, 3.63) is 52.6 Å². The number of carbonyl (C=O) groups excluding carboxylic acids is 3. The van der Waals surface area contributed by atoms with Gasteiger partial charge in [0.2, 0.25) is 0 Å². The summed E-state index contributed by atoms with van der Waals surface area (Å²) in [7, 11) is 0. The monoisotopic (exact) mass is 444 g/mol. The van der Waals surface area contributed by atoms with E-state index in [1.165, 1.54) is 18.2 Å². The summed E-state index contributed by atoms with van der Waals surface area (Å²) in [5.74, 6) is -1.16. The molecule has 31 heavy (non-hydrogen) atoms. The third-order valence-corrected chi connectivity index (χ3v) is 4.62. The van der Waals surface area contributed by atoms with Crippen molar-refractivity contribution in [3.8, 4) is 17.2 Å². The highest BCUT2D eigenvalue weighted by molar-refractivity contribution is 6.39. The number of imide groups is 2. The lowest BCUT2D eigenvalue weighted by Gasteiger charge is -2.26. The number of nitrogens with zero attached hydrogens (tertiary/aromatic N) is 1. The standard InChI is InChI=1S/C22H21ClN2O6/c1-3-9-31-15-7-5-14(6-8-15)25-21(28)16(20(27)24-22(25)29)10-13-11-17(23)19(26)18(12-13)30-4-2/h5-8,10-12,26H,3-4,9H2,1-2H3,(H,24,27,29)/b16-10-. The molecule has 3 rings (SSSR count). The second kappa shape index (κ2) is 9.53. The maximum atomic E-state index is 13.0. The molecule has 0 spiro atoms. The normalized spacial score (nSPS) is 15.3. The maximum absolute atomic E-state index is 13.0.